The van der Waals surface area contributed by atoms with Gasteiger partial charge in [0.2, 0.25) is 6.33 Å². The second kappa shape index (κ2) is 7.07. The highest BCUT2D eigenvalue weighted by Crippen LogP contribution is 2.25. The average Bonchev–Trinajstić information content (AvgIpc) is 3.07. The predicted octanol–water partition coefficient (Wildman–Crippen LogP) is 0.630. The molecule has 3 heterocycles. The van der Waals surface area contributed by atoms with Gasteiger partial charge in [-0.1, -0.05) is 0 Å². The van der Waals surface area contributed by atoms with E-state index in [1.165, 1.54) is 6.33 Å². The summed E-state index contributed by atoms with van der Waals surface area (Å²) in [4.78, 5) is 21.2. The normalized spacial score (nSPS) is 18.6. The van der Waals surface area contributed by atoms with Crippen LogP contribution in [0.1, 0.15) is 17.6 Å². The molecule has 0 radical (unpaired) electrons. The maximum Gasteiger partial charge on any atom is 0.386 e. The summed E-state index contributed by atoms with van der Waals surface area (Å²) in [5.74, 6) is 0.886. The number of rotatable bonds is 4. The van der Waals surface area contributed by atoms with E-state index in [4.69, 9.17) is 0 Å². The quantitative estimate of drug-likeness (QED) is 0.647. The van der Waals surface area contributed by atoms with Crippen LogP contribution in [-0.2, 0) is 20.6 Å². The monoisotopic (exact) mass is 341 g/mol. The second-order valence-electron chi connectivity index (χ2n) is 5.47. The van der Waals surface area contributed by atoms with Gasteiger partial charge in [0, 0.05) is 52.7 Å². The van der Waals surface area contributed by atoms with E-state index in [9.17, 15) is 10.1 Å². The number of nitrogens with zero attached hydrogens (tertiary/aromatic N) is 6. The maximum atomic E-state index is 11.1. The minimum Gasteiger partial charge on any atom is -0.358 e. The number of nitrogens with one attached hydrogen (secondary N) is 1. The number of piperazine rings is 1. The highest BCUT2D eigenvalue weighted by atomic mass is 35.5. The number of imidazole rings is 2. The summed E-state index contributed by atoms with van der Waals surface area (Å²) in [6.07, 6.45) is 5.18. The largest absolute Gasteiger partial charge is 0.386 e. The number of halogens is 1. The summed E-state index contributed by atoms with van der Waals surface area (Å²) in [6.45, 7) is 2.91. The van der Waals surface area contributed by atoms with Crippen LogP contribution in [0, 0.1) is 10.1 Å². The highest BCUT2D eigenvalue weighted by Gasteiger charge is 2.30. The van der Waals surface area contributed by atoms with Crippen molar-refractivity contribution < 1.29 is 4.92 Å². The molecule has 2 aromatic rings. The Balaban J connectivity index is 0.00000192. The Bertz CT molecular complexity index is 684. The summed E-state index contributed by atoms with van der Waals surface area (Å²) >= 11 is 0. The summed E-state index contributed by atoms with van der Waals surface area (Å²) in [5.41, 5.74) is 0.617. The van der Waals surface area contributed by atoms with Gasteiger partial charge in [0.25, 0.3) is 0 Å². The van der Waals surface area contributed by atoms with Gasteiger partial charge >= 0.3 is 5.82 Å². The second-order valence-corrected chi connectivity index (χ2v) is 5.47. The smallest absolute Gasteiger partial charge is 0.358 e. The lowest BCUT2D eigenvalue weighted by Crippen LogP contribution is -2.46. The molecular formula is C13H20ClN7O2. The van der Waals surface area contributed by atoms with Crippen molar-refractivity contribution in [2.75, 3.05) is 19.6 Å². The fourth-order valence-corrected chi connectivity index (χ4v) is 2.86. The summed E-state index contributed by atoms with van der Waals surface area (Å²) in [5, 5.41) is 14.5. The zero-order chi connectivity index (χ0) is 15.7. The van der Waals surface area contributed by atoms with Gasteiger partial charge in [0.05, 0.1) is 6.04 Å². The molecular weight excluding hydrogens is 322 g/mol. The van der Waals surface area contributed by atoms with E-state index >= 15 is 0 Å². The van der Waals surface area contributed by atoms with Crippen LogP contribution < -0.4 is 5.32 Å². The van der Waals surface area contributed by atoms with Crippen LogP contribution in [0.15, 0.2) is 18.7 Å². The summed E-state index contributed by atoms with van der Waals surface area (Å²) in [7, 11) is 3.74. The van der Waals surface area contributed by atoms with E-state index in [1.54, 1.807) is 17.8 Å². The third kappa shape index (κ3) is 3.36. The molecule has 2 aromatic heterocycles. The molecule has 126 valence electrons. The number of hydrogen-bond donors (Lipinski definition) is 1. The van der Waals surface area contributed by atoms with Crippen molar-refractivity contribution in [2.24, 2.45) is 14.1 Å². The minimum absolute atomic E-state index is 0. The molecule has 0 aliphatic carbocycles. The first kappa shape index (κ1) is 17.4. The Morgan fingerprint density at radius 2 is 2.17 bits per heavy atom. The van der Waals surface area contributed by atoms with E-state index in [1.807, 2.05) is 17.8 Å². The highest BCUT2D eigenvalue weighted by molar-refractivity contribution is 5.85. The zero-order valence-corrected chi connectivity index (χ0v) is 13.9. The van der Waals surface area contributed by atoms with Crippen LogP contribution in [0.3, 0.4) is 0 Å². The molecule has 1 aliphatic rings. The molecule has 1 fully saturated rings. The van der Waals surface area contributed by atoms with Gasteiger partial charge in [-0.15, -0.1) is 12.4 Å². The molecule has 9 nitrogen and oxygen atoms in total. The molecule has 0 aromatic carbocycles. The van der Waals surface area contributed by atoms with Crippen LogP contribution in [-0.4, -0.2) is 48.6 Å². The van der Waals surface area contributed by atoms with E-state index in [0.29, 0.717) is 12.2 Å². The fourth-order valence-electron chi connectivity index (χ4n) is 2.86. The van der Waals surface area contributed by atoms with Gasteiger partial charge in [-0.2, -0.15) is 0 Å². The van der Waals surface area contributed by atoms with Gasteiger partial charge in [-0.05, 0) is 9.91 Å². The first-order valence-electron chi connectivity index (χ1n) is 7.14. The topological polar surface area (TPSA) is 94.1 Å². The molecule has 0 amide bonds. The Morgan fingerprint density at radius 1 is 1.39 bits per heavy atom. The molecule has 1 N–H and O–H groups in total. The lowest BCUT2D eigenvalue weighted by molar-refractivity contribution is -0.390. The van der Waals surface area contributed by atoms with Crippen LogP contribution >= 0.6 is 12.4 Å². The molecule has 1 aliphatic heterocycles. The van der Waals surface area contributed by atoms with Crippen LogP contribution in [0.25, 0.3) is 0 Å². The van der Waals surface area contributed by atoms with Crippen molar-refractivity contribution in [3.05, 3.63) is 40.4 Å². The van der Waals surface area contributed by atoms with Crippen molar-refractivity contribution in [2.45, 2.75) is 12.6 Å². The van der Waals surface area contributed by atoms with E-state index in [0.717, 1.165) is 25.5 Å². The maximum absolute atomic E-state index is 11.1. The number of hydrogen-bond acceptors (Lipinski definition) is 6. The van der Waals surface area contributed by atoms with Crippen molar-refractivity contribution in [3.63, 3.8) is 0 Å². The first-order valence-corrected chi connectivity index (χ1v) is 7.14. The summed E-state index contributed by atoms with van der Waals surface area (Å²) in [6, 6.07) is 0.0863. The Labute approximate surface area is 139 Å². The van der Waals surface area contributed by atoms with E-state index in [-0.39, 0.29) is 24.3 Å². The van der Waals surface area contributed by atoms with Crippen LogP contribution in [0.2, 0.25) is 0 Å². The molecule has 0 bridgehead atoms. The third-order valence-electron chi connectivity index (χ3n) is 4.07. The SMILES string of the molecule is Cl.Cn1ccnc1C1CNCCN1Cc1c([N+](=O)[O-])ncn1C. The number of aryl methyl sites for hydroxylation is 2. The summed E-state index contributed by atoms with van der Waals surface area (Å²) < 4.78 is 3.71. The molecule has 0 spiro atoms. The van der Waals surface area contributed by atoms with Crippen molar-refractivity contribution in [1.29, 1.82) is 0 Å². The van der Waals surface area contributed by atoms with Crippen LogP contribution in [0.5, 0.6) is 0 Å². The van der Waals surface area contributed by atoms with Gasteiger partial charge < -0.3 is 24.6 Å². The van der Waals surface area contributed by atoms with Gasteiger partial charge in [-0.25, -0.2) is 4.98 Å². The van der Waals surface area contributed by atoms with Crippen LogP contribution in [0.4, 0.5) is 5.82 Å². The molecule has 0 saturated carbocycles. The van der Waals surface area contributed by atoms with Gasteiger partial charge in [0.1, 0.15) is 11.5 Å². The lowest BCUT2D eigenvalue weighted by Gasteiger charge is -2.35. The average molecular weight is 342 g/mol. The van der Waals surface area contributed by atoms with Crippen molar-refractivity contribution in [3.8, 4) is 0 Å². The first-order chi connectivity index (χ1) is 10.6. The fraction of sp³-hybridized carbons (Fsp3) is 0.538. The standard InChI is InChI=1S/C13H19N7O2.ClH/c1-17-5-4-15-12(17)10-7-14-3-6-19(10)8-11-13(20(21)22)16-9-18(11)2;/h4-5,9-10,14H,3,6-8H2,1-2H3;1H. The van der Waals surface area contributed by atoms with E-state index in [2.05, 4.69) is 20.2 Å². The molecule has 23 heavy (non-hydrogen) atoms. The van der Waals surface area contributed by atoms with Gasteiger partial charge in [-0.3, -0.25) is 4.90 Å². The van der Waals surface area contributed by atoms with Crippen molar-refractivity contribution >= 4 is 18.2 Å². The molecule has 3 rings (SSSR count). The Morgan fingerprint density at radius 3 is 2.83 bits per heavy atom. The molecule has 1 unspecified atom stereocenters. The molecule has 1 saturated heterocycles. The Hall–Kier alpha value is -1.97. The minimum atomic E-state index is -0.423. The number of aromatic nitrogens is 4. The molecule has 10 heteroatoms. The molecule has 1 atom stereocenters. The Kier molecular flexibility index (Phi) is 5.34. The third-order valence-corrected chi connectivity index (χ3v) is 4.07. The number of nitro groups is 1. The van der Waals surface area contributed by atoms with E-state index < -0.39 is 4.92 Å². The van der Waals surface area contributed by atoms with Gasteiger partial charge in [0.15, 0.2) is 0 Å². The zero-order valence-electron chi connectivity index (χ0n) is 13.0. The van der Waals surface area contributed by atoms with Crippen molar-refractivity contribution in [1.82, 2.24) is 29.3 Å². The predicted molar refractivity (Wildman–Crippen MR) is 86.3 cm³/mol. The lowest BCUT2D eigenvalue weighted by atomic mass is 10.1.